The summed E-state index contributed by atoms with van der Waals surface area (Å²) < 4.78 is 0. The Hall–Kier alpha value is -1.94. The lowest BCUT2D eigenvalue weighted by Gasteiger charge is -2.36. The van der Waals surface area contributed by atoms with Crippen LogP contribution in [0, 0.1) is 0 Å². The van der Waals surface area contributed by atoms with Gasteiger partial charge in [0, 0.05) is 43.9 Å². The molecule has 0 unspecified atom stereocenters. The van der Waals surface area contributed by atoms with Gasteiger partial charge in [0.25, 0.3) is 0 Å². The molecule has 0 amide bonds. The smallest absolute Gasteiger partial charge is 0.131 e. The van der Waals surface area contributed by atoms with Crippen LogP contribution in [0.15, 0.2) is 42.5 Å². The highest BCUT2D eigenvalue weighted by molar-refractivity contribution is 6.30. The van der Waals surface area contributed by atoms with Gasteiger partial charge >= 0.3 is 0 Å². The van der Waals surface area contributed by atoms with Crippen molar-refractivity contribution < 1.29 is 0 Å². The van der Waals surface area contributed by atoms with E-state index in [2.05, 4.69) is 38.3 Å². The van der Waals surface area contributed by atoms with Crippen molar-refractivity contribution in [3.63, 3.8) is 0 Å². The Morgan fingerprint density at radius 1 is 0.952 bits per heavy atom. The van der Waals surface area contributed by atoms with Crippen LogP contribution in [0.5, 0.6) is 0 Å². The lowest BCUT2D eigenvalue weighted by Crippen LogP contribution is -2.46. The highest BCUT2D eigenvalue weighted by Crippen LogP contribution is 2.21. The second-order valence-electron chi connectivity index (χ2n) is 5.08. The first-order valence-corrected chi connectivity index (χ1v) is 7.54. The van der Waals surface area contributed by atoms with E-state index in [0.29, 0.717) is 0 Å². The molecule has 1 N–H and O–H groups in total. The molecule has 0 aliphatic carbocycles. The minimum absolute atomic E-state index is 0.783. The summed E-state index contributed by atoms with van der Waals surface area (Å²) in [7, 11) is 1.89. The third-order valence-electron chi connectivity index (χ3n) is 3.79. The normalized spacial score (nSPS) is 15.1. The summed E-state index contributed by atoms with van der Waals surface area (Å²) in [5.74, 6) is 1.95. The SMILES string of the molecule is CNc1cccc(N2CCN(c3ccc(Cl)cc3)CC2)n1. The Kier molecular flexibility index (Phi) is 4.15. The summed E-state index contributed by atoms with van der Waals surface area (Å²) >= 11 is 5.94. The summed E-state index contributed by atoms with van der Waals surface area (Å²) in [6.45, 7) is 3.94. The van der Waals surface area contributed by atoms with Crippen molar-refractivity contribution in [2.75, 3.05) is 48.3 Å². The zero-order valence-electron chi connectivity index (χ0n) is 12.1. The molecule has 5 heteroatoms. The number of rotatable bonds is 3. The number of pyridine rings is 1. The number of hydrogen-bond donors (Lipinski definition) is 1. The molecule has 21 heavy (non-hydrogen) atoms. The fraction of sp³-hybridized carbons (Fsp3) is 0.312. The highest BCUT2D eigenvalue weighted by atomic mass is 35.5. The van der Waals surface area contributed by atoms with Crippen molar-refractivity contribution in [3.05, 3.63) is 47.5 Å². The van der Waals surface area contributed by atoms with E-state index in [0.717, 1.165) is 42.8 Å². The number of benzene rings is 1. The molecule has 1 aromatic heterocycles. The van der Waals surface area contributed by atoms with Gasteiger partial charge in [0.2, 0.25) is 0 Å². The van der Waals surface area contributed by atoms with Crippen LogP contribution < -0.4 is 15.1 Å². The largest absolute Gasteiger partial charge is 0.373 e. The van der Waals surface area contributed by atoms with Gasteiger partial charge in [-0.05, 0) is 36.4 Å². The van der Waals surface area contributed by atoms with E-state index >= 15 is 0 Å². The molecule has 1 aliphatic heterocycles. The van der Waals surface area contributed by atoms with E-state index in [1.807, 2.05) is 31.3 Å². The monoisotopic (exact) mass is 302 g/mol. The lowest BCUT2D eigenvalue weighted by molar-refractivity contribution is 0.648. The molecule has 3 rings (SSSR count). The molecule has 1 saturated heterocycles. The molecule has 1 aliphatic rings. The van der Waals surface area contributed by atoms with Gasteiger partial charge in [0.1, 0.15) is 11.6 Å². The van der Waals surface area contributed by atoms with Gasteiger partial charge in [0.15, 0.2) is 0 Å². The van der Waals surface area contributed by atoms with Crippen LogP contribution in [-0.2, 0) is 0 Å². The molecule has 0 atom stereocenters. The van der Waals surface area contributed by atoms with Crippen molar-refractivity contribution in [1.82, 2.24) is 4.98 Å². The molecule has 0 saturated carbocycles. The van der Waals surface area contributed by atoms with E-state index in [1.165, 1.54) is 5.69 Å². The number of anilines is 3. The topological polar surface area (TPSA) is 31.4 Å². The van der Waals surface area contributed by atoms with Crippen LogP contribution >= 0.6 is 11.6 Å². The molecule has 2 heterocycles. The van der Waals surface area contributed by atoms with E-state index in [-0.39, 0.29) is 0 Å². The Labute approximate surface area is 130 Å². The van der Waals surface area contributed by atoms with Crippen LogP contribution in [0.4, 0.5) is 17.3 Å². The molecule has 0 spiro atoms. The molecule has 110 valence electrons. The third kappa shape index (κ3) is 3.22. The van der Waals surface area contributed by atoms with E-state index in [4.69, 9.17) is 11.6 Å². The molecule has 0 radical (unpaired) electrons. The molecule has 4 nitrogen and oxygen atoms in total. The van der Waals surface area contributed by atoms with Gasteiger partial charge < -0.3 is 15.1 Å². The Morgan fingerprint density at radius 3 is 2.29 bits per heavy atom. The molecular formula is C16H19ClN4. The van der Waals surface area contributed by atoms with Crippen molar-refractivity contribution in [2.24, 2.45) is 0 Å². The Morgan fingerprint density at radius 2 is 1.62 bits per heavy atom. The van der Waals surface area contributed by atoms with Gasteiger partial charge in [-0.2, -0.15) is 0 Å². The fourth-order valence-electron chi connectivity index (χ4n) is 2.58. The zero-order chi connectivity index (χ0) is 14.7. The van der Waals surface area contributed by atoms with Gasteiger partial charge in [0.05, 0.1) is 0 Å². The quantitative estimate of drug-likeness (QED) is 0.944. The number of nitrogens with one attached hydrogen (secondary N) is 1. The number of aromatic nitrogens is 1. The third-order valence-corrected chi connectivity index (χ3v) is 4.04. The maximum Gasteiger partial charge on any atom is 0.131 e. The molecular weight excluding hydrogens is 284 g/mol. The molecule has 1 aromatic carbocycles. The first kappa shape index (κ1) is 14.0. The number of piperazine rings is 1. The summed E-state index contributed by atoms with van der Waals surface area (Å²) in [5.41, 5.74) is 1.23. The summed E-state index contributed by atoms with van der Waals surface area (Å²) in [5, 5.41) is 3.87. The first-order valence-electron chi connectivity index (χ1n) is 7.16. The minimum Gasteiger partial charge on any atom is -0.373 e. The predicted octanol–water partition coefficient (Wildman–Crippen LogP) is 3.10. The first-order chi connectivity index (χ1) is 10.3. The van der Waals surface area contributed by atoms with Crippen molar-refractivity contribution in [2.45, 2.75) is 0 Å². The summed E-state index contributed by atoms with van der Waals surface area (Å²) in [4.78, 5) is 9.31. The molecule has 1 fully saturated rings. The van der Waals surface area contributed by atoms with Gasteiger partial charge in [-0.1, -0.05) is 17.7 Å². The van der Waals surface area contributed by atoms with Crippen LogP contribution in [0.25, 0.3) is 0 Å². The van der Waals surface area contributed by atoms with Crippen LogP contribution in [0.2, 0.25) is 5.02 Å². The van der Waals surface area contributed by atoms with Gasteiger partial charge in [-0.15, -0.1) is 0 Å². The number of halogens is 1. The summed E-state index contributed by atoms with van der Waals surface area (Å²) in [6, 6.07) is 14.1. The average molecular weight is 303 g/mol. The number of nitrogens with zero attached hydrogens (tertiary/aromatic N) is 3. The molecule has 2 aromatic rings. The Bertz CT molecular complexity index is 591. The minimum atomic E-state index is 0.783. The number of hydrogen-bond acceptors (Lipinski definition) is 4. The van der Waals surface area contributed by atoms with Crippen LogP contribution in [0.1, 0.15) is 0 Å². The average Bonchev–Trinajstić information content (AvgIpc) is 2.56. The van der Waals surface area contributed by atoms with E-state index in [1.54, 1.807) is 0 Å². The fourth-order valence-corrected chi connectivity index (χ4v) is 2.71. The second kappa shape index (κ2) is 6.22. The molecule has 0 bridgehead atoms. The van der Waals surface area contributed by atoms with Gasteiger partial charge in [-0.25, -0.2) is 4.98 Å². The van der Waals surface area contributed by atoms with Crippen molar-refractivity contribution in [3.8, 4) is 0 Å². The lowest BCUT2D eigenvalue weighted by atomic mass is 10.2. The van der Waals surface area contributed by atoms with Crippen LogP contribution in [-0.4, -0.2) is 38.2 Å². The maximum absolute atomic E-state index is 5.94. The van der Waals surface area contributed by atoms with Crippen molar-refractivity contribution >= 4 is 28.9 Å². The van der Waals surface area contributed by atoms with Crippen molar-refractivity contribution in [1.29, 1.82) is 0 Å². The second-order valence-corrected chi connectivity index (χ2v) is 5.52. The van der Waals surface area contributed by atoms with E-state index < -0.39 is 0 Å². The maximum atomic E-state index is 5.94. The predicted molar refractivity (Wildman–Crippen MR) is 89.7 cm³/mol. The Balaban J connectivity index is 1.65. The zero-order valence-corrected chi connectivity index (χ0v) is 12.8. The van der Waals surface area contributed by atoms with E-state index in [9.17, 15) is 0 Å². The highest BCUT2D eigenvalue weighted by Gasteiger charge is 2.18. The van der Waals surface area contributed by atoms with Crippen LogP contribution in [0.3, 0.4) is 0 Å². The summed E-state index contributed by atoms with van der Waals surface area (Å²) in [6.07, 6.45) is 0. The van der Waals surface area contributed by atoms with Gasteiger partial charge in [-0.3, -0.25) is 0 Å². The standard InChI is InChI=1S/C16H19ClN4/c1-18-15-3-2-4-16(19-15)21-11-9-20(10-12-21)14-7-5-13(17)6-8-14/h2-8H,9-12H2,1H3,(H,18,19).